The highest BCUT2D eigenvalue weighted by molar-refractivity contribution is 5.97. The van der Waals surface area contributed by atoms with E-state index in [2.05, 4.69) is 44.2 Å². The van der Waals surface area contributed by atoms with Crippen LogP contribution < -0.4 is 4.74 Å². The van der Waals surface area contributed by atoms with E-state index in [9.17, 15) is 4.39 Å². The molecule has 9 heteroatoms. The monoisotopic (exact) mass is 507 g/mol. The Morgan fingerprint density at radius 2 is 1.87 bits per heavy atom. The molecule has 4 heterocycles. The van der Waals surface area contributed by atoms with E-state index in [1.165, 1.54) is 12.1 Å². The minimum Gasteiger partial charge on any atom is -0.492 e. The molecule has 0 unspecified atom stereocenters. The van der Waals surface area contributed by atoms with Crippen molar-refractivity contribution in [1.29, 1.82) is 0 Å². The molecule has 0 saturated carbocycles. The maximum atomic E-state index is 14.6. The average molecular weight is 508 g/mol. The summed E-state index contributed by atoms with van der Waals surface area (Å²) >= 11 is 0. The number of H-pyrrole nitrogens is 2. The van der Waals surface area contributed by atoms with Crippen molar-refractivity contribution >= 4 is 22.1 Å². The van der Waals surface area contributed by atoms with Gasteiger partial charge in [0.05, 0.1) is 11.0 Å². The number of fused-ring (bicyclic) bond motifs is 2. The van der Waals surface area contributed by atoms with Gasteiger partial charge in [-0.15, -0.1) is 0 Å². The van der Waals surface area contributed by atoms with E-state index in [1.807, 2.05) is 49.5 Å². The van der Waals surface area contributed by atoms with Crippen LogP contribution in [0.15, 0.2) is 67.1 Å². The first-order valence-corrected chi connectivity index (χ1v) is 12.3. The Morgan fingerprint density at radius 3 is 2.71 bits per heavy atom. The predicted molar refractivity (Wildman–Crippen MR) is 146 cm³/mol. The largest absolute Gasteiger partial charge is 0.492 e. The van der Waals surface area contributed by atoms with Crippen molar-refractivity contribution in [3.63, 3.8) is 0 Å². The quantitative estimate of drug-likeness (QED) is 0.291. The predicted octanol–water partition coefficient (Wildman–Crippen LogP) is 5.62. The fraction of sp³-hybridized carbons (Fsp3) is 0.172. The van der Waals surface area contributed by atoms with Crippen LogP contribution in [0.5, 0.6) is 5.75 Å². The number of imidazole rings is 1. The molecule has 0 aliphatic carbocycles. The highest BCUT2D eigenvalue weighted by Gasteiger charge is 2.17. The molecule has 0 fully saturated rings. The number of hydrogen-bond donors (Lipinski definition) is 2. The lowest BCUT2D eigenvalue weighted by Crippen LogP contribution is -2.19. The number of pyridine rings is 2. The molecule has 0 saturated heterocycles. The molecule has 0 bridgehead atoms. The van der Waals surface area contributed by atoms with Gasteiger partial charge in [-0.1, -0.05) is 6.07 Å². The van der Waals surface area contributed by atoms with Gasteiger partial charge in [0.25, 0.3) is 0 Å². The van der Waals surface area contributed by atoms with Crippen molar-refractivity contribution in [2.24, 2.45) is 0 Å². The van der Waals surface area contributed by atoms with Gasteiger partial charge in [0.15, 0.2) is 11.5 Å². The number of aryl methyl sites for hydroxylation is 1. The Bertz CT molecular complexity index is 1770. The minimum absolute atomic E-state index is 0.372. The van der Waals surface area contributed by atoms with Crippen molar-refractivity contribution < 1.29 is 9.13 Å². The second-order valence-electron chi connectivity index (χ2n) is 9.49. The number of rotatable bonds is 7. The lowest BCUT2D eigenvalue weighted by atomic mass is 10.0. The van der Waals surface area contributed by atoms with Gasteiger partial charge >= 0.3 is 0 Å². The first-order valence-electron chi connectivity index (χ1n) is 12.3. The zero-order valence-corrected chi connectivity index (χ0v) is 21.3. The van der Waals surface area contributed by atoms with Gasteiger partial charge in [-0.05, 0) is 74.1 Å². The summed E-state index contributed by atoms with van der Waals surface area (Å²) < 4.78 is 20.4. The van der Waals surface area contributed by atoms with E-state index in [-0.39, 0.29) is 5.82 Å². The fourth-order valence-electron chi connectivity index (χ4n) is 4.54. The SMILES string of the molecule is Cc1ccncc1-c1ccc2[nH]nc(-c3nc4nccc(-c5cc(F)cc(OCCN(C)C)c5)c4[nH]3)c2c1. The third kappa shape index (κ3) is 4.48. The molecule has 38 heavy (non-hydrogen) atoms. The molecule has 2 N–H and O–H groups in total. The highest BCUT2D eigenvalue weighted by Crippen LogP contribution is 2.34. The Hall–Kier alpha value is -4.63. The van der Waals surface area contributed by atoms with Crippen LogP contribution >= 0.6 is 0 Å². The molecule has 2 aromatic carbocycles. The molecule has 190 valence electrons. The molecule has 0 amide bonds. The number of halogens is 1. The van der Waals surface area contributed by atoms with Crippen LogP contribution in [-0.4, -0.2) is 62.3 Å². The summed E-state index contributed by atoms with van der Waals surface area (Å²) in [5, 5.41) is 8.57. The number of aromatic amines is 2. The molecule has 0 aliphatic heterocycles. The van der Waals surface area contributed by atoms with Crippen molar-refractivity contribution in [2.75, 3.05) is 27.2 Å². The maximum Gasteiger partial charge on any atom is 0.178 e. The fourth-order valence-corrected chi connectivity index (χ4v) is 4.54. The van der Waals surface area contributed by atoms with Gasteiger partial charge in [-0.2, -0.15) is 5.10 Å². The summed E-state index contributed by atoms with van der Waals surface area (Å²) in [5.41, 5.74) is 7.48. The van der Waals surface area contributed by atoms with Gasteiger partial charge in [0.2, 0.25) is 0 Å². The average Bonchev–Trinajstić information content (AvgIpc) is 3.52. The van der Waals surface area contributed by atoms with Crippen LogP contribution in [0.3, 0.4) is 0 Å². The number of ether oxygens (including phenoxy) is 1. The van der Waals surface area contributed by atoms with Crippen LogP contribution in [0.1, 0.15) is 5.56 Å². The summed E-state index contributed by atoms with van der Waals surface area (Å²) in [7, 11) is 3.93. The van der Waals surface area contributed by atoms with Gasteiger partial charge < -0.3 is 14.6 Å². The third-order valence-electron chi connectivity index (χ3n) is 6.52. The summed E-state index contributed by atoms with van der Waals surface area (Å²) in [6, 6.07) is 14.7. The number of aromatic nitrogens is 6. The normalized spacial score (nSPS) is 11.6. The first-order chi connectivity index (χ1) is 18.5. The van der Waals surface area contributed by atoms with Crippen LogP contribution in [0.2, 0.25) is 0 Å². The van der Waals surface area contributed by atoms with Crippen molar-refractivity contribution in [1.82, 2.24) is 35.0 Å². The molecule has 0 radical (unpaired) electrons. The molecule has 6 aromatic rings. The van der Waals surface area contributed by atoms with Crippen LogP contribution in [0.4, 0.5) is 4.39 Å². The zero-order chi connectivity index (χ0) is 26.2. The number of hydrogen-bond acceptors (Lipinski definition) is 6. The smallest absolute Gasteiger partial charge is 0.178 e. The molecular formula is C29H26FN7O. The van der Waals surface area contributed by atoms with E-state index in [0.29, 0.717) is 40.6 Å². The van der Waals surface area contributed by atoms with E-state index < -0.39 is 0 Å². The van der Waals surface area contributed by atoms with Gasteiger partial charge in [0.1, 0.15) is 23.9 Å². The summed E-state index contributed by atoms with van der Waals surface area (Å²) in [4.78, 5) is 18.9. The van der Waals surface area contributed by atoms with E-state index in [4.69, 9.17) is 9.72 Å². The number of nitrogens with zero attached hydrogens (tertiary/aromatic N) is 5. The van der Waals surface area contributed by atoms with Crippen LogP contribution in [0.25, 0.3) is 55.8 Å². The Balaban J connectivity index is 1.41. The third-order valence-corrected chi connectivity index (χ3v) is 6.52. The van der Waals surface area contributed by atoms with Crippen molar-refractivity contribution in [2.45, 2.75) is 6.92 Å². The lowest BCUT2D eigenvalue weighted by Gasteiger charge is -2.12. The molecule has 0 atom stereocenters. The van der Waals surface area contributed by atoms with E-state index >= 15 is 0 Å². The lowest BCUT2D eigenvalue weighted by molar-refractivity contribution is 0.260. The van der Waals surface area contributed by atoms with Gasteiger partial charge in [-0.3, -0.25) is 10.1 Å². The Labute approximate surface area is 218 Å². The first kappa shape index (κ1) is 23.7. The standard InChI is InChI=1S/C29H26FN7O/c1-17-6-8-31-16-24(17)18-4-5-25-23(14-18)27(36-35-25)29-33-26-22(7-9-32-28(26)34-29)19-12-20(30)15-21(13-19)38-11-10-37(2)3/h4-9,12-16H,10-11H2,1-3H3,(H,35,36)(H,32,33,34). The second kappa shape index (κ2) is 9.68. The Morgan fingerprint density at radius 1 is 0.974 bits per heavy atom. The van der Waals surface area contributed by atoms with E-state index in [1.54, 1.807) is 12.4 Å². The highest BCUT2D eigenvalue weighted by atomic mass is 19.1. The number of likely N-dealkylation sites (N-methyl/N-ethyl adjacent to an activating group) is 1. The molecular weight excluding hydrogens is 481 g/mol. The topological polar surface area (TPSA) is 95.6 Å². The van der Waals surface area contributed by atoms with Gasteiger partial charge in [0, 0.05) is 47.7 Å². The second-order valence-corrected chi connectivity index (χ2v) is 9.49. The molecule has 6 rings (SSSR count). The minimum atomic E-state index is -0.372. The number of benzene rings is 2. The number of nitrogens with one attached hydrogen (secondary N) is 2. The molecule has 8 nitrogen and oxygen atoms in total. The van der Waals surface area contributed by atoms with Crippen LogP contribution in [-0.2, 0) is 0 Å². The molecule has 4 aromatic heterocycles. The van der Waals surface area contributed by atoms with Crippen LogP contribution in [0, 0.1) is 12.7 Å². The summed E-state index contributed by atoms with van der Waals surface area (Å²) in [5.74, 6) is 0.678. The molecule has 0 spiro atoms. The Kier molecular flexibility index (Phi) is 6.05. The van der Waals surface area contributed by atoms with Crippen molar-refractivity contribution in [3.8, 4) is 39.5 Å². The molecule has 0 aliphatic rings. The summed E-state index contributed by atoms with van der Waals surface area (Å²) in [6.07, 6.45) is 5.33. The van der Waals surface area contributed by atoms with Crippen molar-refractivity contribution in [3.05, 3.63) is 78.5 Å². The van der Waals surface area contributed by atoms with E-state index in [0.717, 1.165) is 39.7 Å². The maximum absolute atomic E-state index is 14.6. The zero-order valence-electron chi connectivity index (χ0n) is 21.3. The van der Waals surface area contributed by atoms with Gasteiger partial charge in [-0.25, -0.2) is 14.4 Å². The summed E-state index contributed by atoms with van der Waals surface area (Å²) in [6.45, 7) is 3.26.